The monoisotopic (exact) mass is 468 g/mol. The van der Waals surface area contributed by atoms with Gasteiger partial charge in [0.15, 0.2) is 0 Å². The Balaban J connectivity index is 1.08. The van der Waals surface area contributed by atoms with Crippen LogP contribution in [0.5, 0.6) is 0 Å². The summed E-state index contributed by atoms with van der Waals surface area (Å²) in [6, 6.07) is 26.9. The number of aryl methyl sites for hydroxylation is 4. The van der Waals surface area contributed by atoms with Gasteiger partial charge in [0.2, 0.25) is 0 Å². The summed E-state index contributed by atoms with van der Waals surface area (Å²) >= 11 is 0. The van der Waals surface area contributed by atoms with Gasteiger partial charge in [-0.15, -0.1) is 0 Å². The molecule has 0 bridgehead atoms. The van der Waals surface area contributed by atoms with Gasteiger partial charge in [-0.25, -0.2) is 0 Å². The highest BCUT2D eigenvalue weighted by Gasteiger charge is 2.13. The fourth-order valence-corrected chi connectivity index (χ4v) is 6.05. The Labute approximate surface area is 213 Å². The van der Waals surface area contributed by atoms with Crippen molar-refractivity contribution in [1.82, 2.24) is 9.13 Å². The van der Waals surface area contributed by atoms with Crippen LogP contribution in [0.25, 0.3) is 33.6 Å². The third-order valence-electron chi connectivity index (χ3n) is 8.17. The first-order valence-electron chi connectivity index (χ1n) is 13.5. The molecular weight excluding hydrogens is 436 g/mol. The number of rotatable bonds is 4. The van der Waals surface area contributed by atoms with Crippen molar-refractivity contribution in [3.63, 3.8) is 0 Å². The van der Waals surface area contributed by atoms with E-state index in [1.165, 1.54) is 107 Å². The van der Waals surface area contributed by atoms with E-state index in [2.05, 4.69) is 107 Å². The van der Waals surface area contributed by atoms with Crippen molar-refractivity contribution in [2.45, 2.75) is 51.4 Å². The summed E-state index contributed by atoms with van der Waals surface area (Å²) < 4.78 is 4.60. The standard InChI is InChI=1S/C34H32N2/c1-2-6-30-22-35(21-29(30)5-1)33-17-13-27(14-18-33)25-9-11-26(12-10-25)28-15-19-34(20-16-28)36-23-31-7-3-4-8-32(31)24-36/h9-24H,1-8H2. The van der Waals surface area contributed by atoms with Crippen molar-refractivity contribution < 1.29 is 0 Å². The molecule has 2 heteroatoms. The van der Waals surface area contributed by atoms with Gasteiger partial charge in [-0.05, 0) is 120 Å². The first-order valence-corrected chi connectivity index (χ1v) is 13.5. The molecule has 0 radical (unpaired) electrons. The number of nitrogens with zero attached hydrogens (tertiary/aromatic N) is 2. The second kappa shape index (κ2) is 9.02. The minimum Gasteiger partial charge on any atom is -0.323 e. The van der Waals surface area contributed by atoms with Gasteiger partial charge in [0.25, 0.3) is 0 Å². The predicted molar refractivity (Wildman–Crippen MR) is 149 cm³/mol. The van der Waals surface area contributed by atoms with Crippen LogP contribution in [-0.2, 0) is 25.7 Å². The normalized spacial score (nSPS) is 14.9. The average molecular weight is 469 g/mol. The van der Waals surface area contributed by atoms with Crippen molar-refractivity contribution in [3.8, 4) is 33.6 Å². The van der Waals surface area contributed by atoms with Gasteiger partial charge in [0, 0.05) is 36.2 Å². The molecule has 36 heavy (non-hydrogen) atoms. The van der Waals surface area contributed by atoms with Crippen LogP contribution in [0.1, 0.15) is 47.9 Å². The molecule has 2 aliphatic rings. The molecule has 0 atom stereocenters. The zero-order valence-corrected chi connectivity index (χ0v) is 20.8. The maximum atomic E-state index is 2.33. The summed E-state index contributed by atoms with van der Waals surface area (Å²) in [6.45, 7) is 0. The molecule has 2 nitrogen and oxygen atoms in total. The number of fused-ring (bicyclic) bond motifs is 2. The molecule has 0 fully saturated rings. The second-order valence-electron chi connectivity index (χ2n) is 10.5. The summed E-state index contributed by atoms with van der Waals surface area (Å²) in [5.41, 5.74) is 13.6. The topological polar surface area (TPSA) is 9.86 Å². The lowest BCUT2D eigenvalue weighted by Gasteiger charge is -2.08. The molecular formula is C34H32N2. The fraction of sp³-hybridized carbons (Fsp3) is 0.235. The van der Waals surface area contributed by atoms with Crippen LogP contribution in [0.15, 0.2) is 97.6 Å². The van der Waals surface area contributed by atoms with E-state index >= 15 is 0 Å². The molecule has 3 aromatic carbocycles. The van der Waals surface area contributed by atoms with Crippen LogP contribution in [0.4, 0.5) is 0 Å². The first kappa shape index (κ1) is 21.5. The van der Waals surface area contributed by atoms with Crippen molar-refractivity contribution in [3.05, 3.63) is 120 Å². The first-order chi connectivity index (χ1) is 17.8. The molecule has 7 rings (SSSR count). The van der Waals surface area contributed by atoms with E-state index in [0.29, 0.717) is 0 Å². The maximum absolute atomic E-state index is 2.33. The number of hydrogen-bond acceptors (Lipinski definition) is 0. The number of aromatic nitrogens is 2. The number of benzene rings is 3. The molecule has 2 heterocycles. The quantitative estimate of drug-likeness (QED) is 0.251. The van der Waals surface area contributed by atoms with Gasteiger partial charge in [-0.2, -0.15) is 0 Å². The summed E-state index contributed by atoms with van der Waals surface area (Å²) in [5.74, 6) is 0. The van der Waals surface area contributed by atoms with Crippen molar-refractivity contribution >= 4 is 0 Å². The van der Waals surface area contributed by atoms with E-state index in [1.807, 2.05) is 0 Å². The number of hydrogen-bond donors (Lipinski definition) is 0. The summed E-state index contributed by atoms with van der Waals surface area (Å²) in [4.78, 5) is 0. The van der Waals surface area contributed by atoms with Crippen LogP contribution in [0, 0.1) is 0 Å². The molecule has 0 saturated heterocycles. The van der Waals surface area contributed by atoms with Crippen LogP contribution in [0.3, 0.4) is 0 Å². The van der Waals surface area contributed by atoms with Crippen LogP contribution < -0.4 is 0 Å². The van der Waals surface area contributed by atoms with Crippen molar-refractivity contribution in [2.24, 2.45) is 0 Å². The molecule has 0 amide bonds. The highest BCUT2D eigenvalue weighted by Crippen LogP contribution is 2.29. The summed E-state index contributed by atoms with van der Waals surface area (Å²) in [5, 5.41) is 0. The lowest BCUT2D eigenvalue weighted by atomic mass is 9.96. The highest BCUT2D eigenvalue weighted by atomic mass is 15.0. The average Bonchev–Trinajstić information content (AvgIpc) is 3.58. The molecule has 2 aromatic heterocycles. The second-order valence-corrected chi connectivity index (χ2v) is 10.5. The Morgan fingerprint density at radius 2 is 0.583 bits per heavy atom. The molecule has 2 aliphatic carbocycles. The maximum Gasteiger partial charge on any atom is 0.0449 e. The molecule has 5 aromatic rings. The van der Waals surface area contributed by atoms with Crippen LogP contribution in [0.2, 0.25) is 0 Å². The molecule has 178 valence electrons. The molecule has 0 saturated carbocycles. The molecule has 0 N–H and O–H groups in total. The smallest absolute Gasteiger partial charge is 0.0449 e. The van der Waals surface area contributed by atoms with Gasteiger partial charge >= 0.3 is 0 Å². The van der Waals surface area contributed by atoms with Gasteiger partial charge in [-0.1, -0.05) is 48.5 Å². The van der Waals surface area contributed by atoms with E-state index in [4.69, 9.17) is 0 Å². The minimum absolute atomic E-state index is 1.23. The van der Waals surface area contributed by atoms with E-state index in [9.17, 15) is 0 Å². The Bertz CT molecular complexity index is 1330. The molecule has 0 unspecified atom stereocenters. The fourth-order valence-electron chi connectivity index (χ4n) is 6.05. The van der Waals surface area contributed by atoms with Crippen LogP contribution in [-0.4, -0.2) is 9.13 Å². The SMILES string of the molecule is c1cc(-c2ccc(-n3cc4c(c3)CCCC4)cc2)ccc1-c1ccc(-n2cc3c(c2)CCCC3)cc1. The molecule has 0 aliphatic heterocycles. The van der Waals surface area contributed by atoms with Gasteiger partial charge < -0.3 is 9.13 Å². The van der Waals surface area contributed by atoms with E-state index in [0.717, 1.165) is 0 Å². The van der Waals surface area contributed by atoms with Gasteiger partial charge in [0.05, 0.1) is 0 Å². The third kappa shape index (κ3) is 4.01. The van der Waals surface area contributed by atoms with Crippen molar-refractivity contribution in [1.29, 1.82) is 0 Å². The van der Waals surface area contributed by atoms with Gasteiger partial charge in [0.1, 0.15) is 0 Å². The van der Waals surface area contributed by atoms with Gasteiger partial charge in [-0.3, -0.25) is 0 Å². The minimum atomic E-state index is 1.23. The van der Waals surface area contributed by atoms with E-state index < -0.39 is 0 Å². The molecule has 0 spiro atoms. The highest BCUT2D eigenvalue weighted by molar-refractivity contribution is 5.71. The summed E-state index contributed by atoms with van der Waals surface area (Å²) in [7, 11) is 0. The zero-order valence-electron chi connectivity index (χ0n) is 20.8. The zero-order chi connectivity index (χ0) is 23.9. The predicted octanol–water partition coefficient (Wildman–Crippen LogP) is 8.36. The lowest BCUT2D eigenvalue weighted by molar-refractivity contribution is 0.690. The van der Waals surface area contributed by atoms with Crippen LogP contribution >= 0.6 is 0 Å². The summed E-state index contributed by atoms with van der Waals surface area (Å²) in [6.07, 6.45) is 19.5. The Morgan fingerprint density at radius 1 is 0.333 bits per heavy atom. The third-order valence-corrected chi connectivity index (χ3v) is 8.17. The van der Waals surface area contributed by atoms with Crippen molar-refractivity contribution in [2.75, 3.05) is 0 Å². The lowest BCUT2D eigenvalue weighted by Crippen LogP contribution is -1.97. The van der Waals surface area contributed by atoms with E-state index in [-0.39, 0.29) is 0 Å². The Morgan fingerprint density at radius 3 is 0.861 bits per heavy atom. The van der Waals surface area contributed by atoms with E-state index in [1.54, 1.807) is 0 Å². The Kier molecular flexibility index (Phi) is 5.39. The Hall–Kier alpha value is -3.78. The largest absolute Gasteiger partial charge is 0.323 e.